The molecule has 0 fully saturated rings. The Morgan fingerprint density at radius 2 is 1.53 bits per heavy atom. The van der Waals surface area contributed by atoms with Crippen LogP contribution in [0.1, 0.15) is 5.56 Å². The van der Waals surface area contributed by atoms with E-state index in [1.54, 1.807) is 11.8 Å². The molecule has 0 aliphatic rings. The zero-order chi connectivity index (χ0) is 20.3. The Morgan fingerprint density at radius 3 is 2.40 bits per heavy atom. The molecule has 3 aromatic carbocycles. The standard InChI is InChI=1S/C25H18N2OS2/c28-24-18-10-4-6-12-20(18)26-14-22(24)30-25-19-11-5-7-13-21(19)27-15-23(25)29-16-17-8-2-1-3-9-17/h1-15H,16H2,(H,26,28). The maximum absolute atomic E-state index is 13.1. The second-order valence-electron chi connectivity index (χ2n) is 6.87. The number of para-hydroxylation sites is 2. The molecule has 0 saturated heterocycles. The summed E-state index contributed by atoms with van der Waals surface area (Å²) < 4.78 is 0. The summed E-state index contributed by atoms with van der Waals surface area (Å²) in [4.78, 5) is 23.8. The van der Waals surface area contributed by atoms with Crippen LogP contribution in [-0.4, -0.2) is 9.97 Å². The van der Waals surface area contributed by atoms with Crippen molar-refractivity contribution in [1.82, 2.24) is 9.97 Å². The fraction of sp³-hybridized carbons (Fsp3) is 0.0400. The Morgan fingerprint density at radius 1 is 0.800 bits per heavy atom. The SMILES string of the molecule is O=c1c(Sc2c(SCc3ccccc3)cnc3ccccc23)c[nH]c2ccccc12. The van der Waals surface area contributed by atoms with Gasteiger partial charge < -0.3 is 4.98 Å². The number of aromatic nitrogens is 2. The van der Waals surface area contributed by atoms with Crippen molar-refractivity contribution >= 4 is 45.3 Å². The van der Waals surface area contributed by atoms with Crippen LogP contribution in [0.15, 0.2) is 111 Å². The maximum Gasteiger partial charge on any atom is 0.203 e. The highest BCUT2D eigenvalue weighted by Crippen LogP contribution is 2.40. The first-order valence-corrected chi connectivity index (χ1v) is 11.4. The average Bonchev–Trinajstić information content (AvgIpc) is 2.81. The molecule has 0 unspecified atom stereocenters. The van der Waals surface area contributed by atoms with E-state index in [1.165, 1.54) is 17.3 Å². The minimum atomic E-state index is 0.0502. The number of pyridine rings is 2. The van der Waals surface area contributed by atoms with E-state index in [0.717, 1.165) is 32.0 Å². The second kappa shape index (κ2) is 8.38. The van der Waals surface area contributed by atoms with E-state index >= 15 is 0 Å². The van der Waals surface area contributed by atoms with Gasteiger partial charge in [-0.05, 0) is 23.8 Å². The van der Waals surface area contributed by atoms with E-state index in [9.17, 15) is 4.79 Å². The van der Waals surface area contributed by atoms with Gasteiger partial charge in [0, 0.05) is 44.2 Å². The Bertz CT molecular complexity index is 1400. The van der Waals surface area contributed by atoms with Crippen LogP contribution in [0.4, 0.5) is 0 Å². The molecule has 0 spiro atoms. The Kier molecular flexibility index (Phi) is 5.30. The normalized spacial score (nSPS) is 11.2. The van der Waals surface area contributed by atoms with Crippen molar-refractivity contribution in [3.63, 3.8) is 0 Å². The van der Waals surface area contributed by atoms with Gasteiger partial charge >= 0.3 is 0 Å². The van der Waals surface area contributed by atoms with Gasteiger partial charge in [0.05, 0.1) is 10.4 Å². The minimum absolute atomic E-state index is 0.0502. The number of thioether (sulfide) groups is 1. The van der Waals surface area contributed by atoms with Crippen molar-refractivity contribution in [1.29, 1.82) is 0 Å². The van der Waals surface area contributed by atoms with Gasteiger partial charge in [0.15, 0.2) is 0 Å². The molecule has 0 aliphatic carbocycles. The predicted molar refractivity (Wildman–Crippen MR) is 126 cm³/mol. The zero-order valence-electron chi connectivity index (χ0n) is 16.0. The van der Waals surface area contributed by atoms with Crippen molar-refractivity contribution in [2.45, 2.75) is 20.4 Å². The highest BCUT2D eigenvalue weighted by molar-refractivity contribution is 8.02. The molecule has 0 bridgehead atoms. The van der Waals surface area contributed by atoms with Gasteiger partial charge in [0.25, 0.3) is 0 Å². The summed E-state index contributed by atoms with van der Waals surface area (Å²) >= 11 is 3.26. The molecule has 5 rings (SSSR count). The van der Waals surface area contributed by atoms with Crippen LogP contribution in [-0.2, 0) is 5.75 Å². The maximum atomic E-state index is 13.1. The van der Waals surface area contributed by atoms with E-state index in [1.807, 2.05) is 60.9 Å². The third-order valence-corrected chi connectivity index (χ3v) is 7.29. The van der Waals surface area contributed by atoms with Crippen LogP contribution in [0.2, 0.25) is 0 Å². The third kappa shape index (κ3) is 3.74. The fourth-order valence-electron chi connectivity index (χ4n) is 3.38. The van der Waals surface area contributed by atoms with Crippen molar-refractivity contribution in [3.05, 3.63) is 107 Å². The summed E-state index contributed by atoms with van der Waals surface area (Å²) in [6.07, 6.45) is 3.74. The molecule has 3 nitrogen and oxygen atoms in total. The van der Waals surface area contributed by atoms with Crippen molar-refractivity contribution in [3.8, 4) is 0 Å². The first kappa shape index (κ1) is 19.0. The van der Waals surface area contributed by atoms with Crippen molar-refractivity contribution in [2.24, 2.45) is 0 Å². The summed E-state index contributed by atoms with van der Waals surface area (Å²) in [6.45, 7) is 0. The number of benzene rings is 3. The first-order valence-electron chi connectivity index (χ1n) is 9.62. The quantitative estimate of drug-likeness (QED) is 0.325. The van der Waals surface area contributed by atoms with Gasteiger partial charge in [0.1, 0.15) is 0 Å². The number of rotatable bonds is 5. The minimum Gasteiger partial charge on any atom is -0.360 e. The van der Waals surface area contributed by atoms with Crippen molar-refractivity contribution < 1.29 is 0 Å². The van der Waals surface area contributed by atoms with Gasteiger partial charge in [0.2, 0.25) is 5.43 Å². The van der Waals surface area contributed by atoms with Crippen LogP contribution in [0.3, 0.4) is 0 Å². The van der Waals surface area contributed by atoms with Crippen LogP contribution in [0.5, 0.6) is 0 Å². The Balaban J connectivity index is 1.58. The third-order valence-electron chi connectivity index (χ3n) is 4.90. The number of nitrogens with one attached hydrogen (secondary N) is 1. The smallest absolute Gasteiger partial charge is 0.203 e. The van der Waals surface area contributed by atoms with E-state index < -0.39 is 0 Å². The summed E-state index contributed by atoms with van der Waals surface area (Å²) in [5.41, 5.74) is 3.09. The summed E-state index contributed by atoms with van der Waals surface area (Å²) in [5, 5.41) is 1.77. The summed E-state index contributed by atoms with van der Waals surface area (Å²) in [6, 6.07) is 26.1. The van der Waals surface area contributed by atoms with E-state index in [2.05, 4.69) is 40.3 Å². The number of nitrogens with zero attached hydrogens (tertiary/aromatic N) is 1. The molecule has 0 radical (unpaired) electrons. The first-order chi connectivity index (χ1) is 14.8. The number of hydrogen-bond donors (Lipinski definition) is 1. The lowest BCUT2D eigenvalue weighted by Crippen LogP contribution is -2.05. The highest BCUT2D eigenvalue weighted by atomic mass is 32.2. The molecule has 0 aliphatic heterocycles. The molecule has 2 heterocycles. The molecule has 5 heteroatoms. The lowest BCUT2D eigenvalue weighted by molar-refractivity contribution is 1.18. The van der Waals surface area contributed by atoms with Gasteiger partial charge in [-0.2, -0.15) is 0 Å². The van der Waals surface area contributed by atoms with Gasteiger partial charge in [-0.3, -0.25) is 9.78 Å². The molecule has 0 saturated carbocycles. The van der Waals surface area contributed by atoms with Gasteiger partial charge in [-0.1, -0.05) is 72.4 Å². The van der Waals surface area contributed by atoms with Gasteiger partial charge in [-0.15, -0.1) is 11.8 Å². The van der Waals surface area contributed by atoms with Crippen LogP contribution < -0.4 is 5.43 Å². The molecular formula is C25H18N2OS2. The Labute approximate surface area is 182 Å². The van der Waals surface area contributed by atoms with Crippen LogP contribution >= 0.6 is 23.5 Å². The van der Waals surface area contributed by atoms with Crippen LogP contribution in [0.25, 0.3) is 21.8 Å². The molecule has 5 aromatic rings. The van der Waals surface area contributed by atoms with E-state index in [-0.39, 0.29) is 5.43 Å². The Hall–Kier alpha value is -3.02. The van der Waals surface area contributed by atoms with E-state index in [0.29, 0.717) is 10.3 Å². The molecular weight excluding hydrogens is 408 g/mol. The summed E-state index contributed by atoms with van der Waals surface area (Å²) in [5.74, 6) is 0.850. The number of hydrogen-bond acceptors (Lipinski definition) is 4. The average molecular weight is 427 g/mol. The van der Waals surface area contributed by atoms with Crippen LogP contribution in [0, 0.1) is 0 Å². The predicted octanol–water partition coefficient (Wildman–Crippen LogP) is 6.52. The number of fused-ring (bicyclic) bond motifs is 2. The number of aromatic amines is 1. The zero-order valence-corrected chi connectivity index (χ0v) is 17.7. The van der Waals surface area contributed by atoms with E-state index in [4.69, 9.17) is 0 Å². The highest BCUT2D eigenvalue weighted by Gasteiger charge is 2.14. The number of H-pyrrole nitrogens is 1. The molecule has 1 N–H and O–H groups in total. The monoisotopic (exact) mass is 426 g/mol. The van der Waals surface area contributed by atoms with Gasteiger partial charge in [-0.25, -0.2) is 0 Å². The lowest BCUT2D eigenvalue weighted by atomic mass is 10.2. The molecule has 2 aromatic heterocycles. The second-order valence-corrected chi connectivity index (χ2v) is 8.94. The summed E-state index contributed by atoms with van der Waals surface area (Å²) in [7, 11) is 0. The largest absolute Gasteiger partial charge is 0.360 e. The molecule has 30 heavy (non-hydrogen) atoms. The molecule has 0 amide bonds. The topological polar surface area (TPSA) is 45.8 Å². The molecule has 0 atom stereocenters. The molecule has 146 valence electrons. The lowest BCUT2D eigenvalue weighted by Gasteiger charge is -2.12. The van der Waals surface area contributed by atoms with Crippen molar-refractivity contribution in [2.75, 3.05) is 0 Å². The fourth-order valence-corrected chi connectivity index (χ4v) is 5.54.